The highest BCUT2D eigenvalue weighted by Crippen LogP contribution is 2.30. The summed E-state index contributed by atoms with van der Waals surface area (Å²) >= 11 is 0. The third-order valence-corrected chi connectivity index (χ3v) is 2.90. The van der Waals surface area contributed by atoms with Gasteiger partial charge in [-0.3, -0.25) is 4.79 Å². The molecule has 0 aliphatic carbocycles. The van der Waals surface area contributed by atoms with Gasteiger partial charge in [-0.1, -0.05) is 0 Å². The SMILES string of the molecule is NC(=O)c1cnc(N2CCC(F)(F)CC2)c(F)c1. The number of aromatic nitrogens is 1. The van der Waals surface area contributed by atoms with Crippen LogP contribution in [-0.4, -0.2) is 29.9 Å². The lowest BCUT2D eigenvalue weighted by molar-refractivity contribution is -0.0222. The van der Waals surface area contributed by atoms with Crippen molar-refractivity contribution in [3.05, 3.63) is 23.6 Å². The molecule has 18 heavy (non-hydrogen) atoms. The van der Waals surface area contributed by atoms with Gasteiger partial charge in [0, 0.05) is 32.1 Å². The van der Waals surface area contributed by atoms with Gasteiger partial charge in [0.25, 0.3) is 5.92 Å². The number of amides is 1. The number of rotatable bonds is 2. The van der Waals surface area contributed by atoms with E-state index in [4.69, 9.17) is 5.73 Å². The number of anilines is 1. The Bertz CT molecular complexity index is 469. The summed E-state index contributed by atoms with van der Waals surface area (Å²) in [6.07, 6.45) is 0.491. The zero-order chi connectivity index (χ0) is 13.3. The Hall–Kier alpha value is -1.79. The second kappa shape index (κ2) is 4.47. The number of carbonyl (C=O) groups excluding carboxylic acids is 1. The summed E-state index contributed by atoms with van der Waals surface area (Å²) < 4.78 is 39.6. The number of carbonyl (C=O) groups is 1. The fourth-order valence-electron chi connectivity index (χ4n) is 1.84. The second-order valence-corrected chi connectivity index (χ2v) is 4.24. The van der Waals surface area contributed by atoms with Crippen molar-refractivity contribution in [3.63, 3.8) is 0 Å². The Balaban J connectivity index is 2.17. The molecule has 4 nitrogen and oxygen atoms in total. The normalized spacial score (nSPS) is 18.7. The minimum atomic E-state index is -2.69. The van der Waals surface area contributed by atoms with Gasteiger partial charge in [0.05, 0.1) is 5.56 Å². The molecule has 7 heteroatoms. The molecule has 0 aromatic carbocycles. The van der Waals surface area contributed by atoms with Crippen LogP contribution in [0.3, 0.4) is 0 Å². The predicted molar refractivity (Wildman–Crippen MR) is 59.1 cm³/mol. The van der Waals surface area contributed by atoms with Crippen LogP contribution in [0, 0.1) is 5.82 Å². The molecule has 0 spiro atoms. The van der Waals surface area contributed by atoms with Crippen LogP contribution < -0.4 is 10.6 Å². The largest absolute Gasteiger partial charge is 0.366 e. The predicted octanol–water partition coefficient (Wildman–Crippen LogP) is 1.56. The molecule has 1 saturated heterocycles. The number of nitrogens with two attached hydrogens (primary N) is 1. The summed E-state index contributed by atoms with van der Waals surface area (Å²) in [7, 11) is 0. The van der Waals surface area contributed by atoms with Crippen LogP contribution in [-0.2, 0) is 0 Å². The van der Waals surface area contributed by atoms with Crippen molar-refractivity contribution in [3.8, 4) is 0 Å². The van der Waals surface area contributed by atoms with Crippen LogP contribution in [0.2, 0.25) is 0 Å². The van der Waals surface area contributed by atoms with E-state index in [9.17, 15) is 18.0 Å². The summed E-state index contributed by atoms with van der Waals surface area (Å²) in [5.74, 6) is -4.22. The molecule has 1 amide bonds. The van der Waals surface area contributed by atoms with Crippen molar-refractivity contribution in [1.82, 2.24) is 4.98 Å². The van der Waals surface area contributed by atoms with Crippen molar-refractivity contribution < 1.29 is 18.0 Å². The summed E-state index contributed by atoms with van der Waals surface area (Å²) in [6.45, 7) is 0.0691. The molecule has 1 aromatic heterocycles. The zero-order valence-corrected chi connectivity index (χ0v) is 9.50. The van der Waals surface area contributed by atoms with Crippen molar-refractivity contribution in [2.45, 2.75) is 18.8 Å². The third kappa shape index (κ3) is 2.55. The quantitative estimate of drug-likeness (QED) is 0.876. The first-order chi connectivity index (χ1) is 8.39. The first kappa shape index (κ1) is 12.7. The van der Waals surface area contributed by atoms with Gasteiger partial charge in [0.1, 0.15) is 0 Å². The fourth-order valence-corrected chi connectivity index (χ4v) is 1.84. The highest BCUT2D eigenvalue weighted by molar-refractivity contribution is 5.92. The Morgan fingerprint density at radius 3 is 2.50 bits per heavy atom. The zero-order valence-electron chi connectivity index (χ0n) is 9.50. The van der Waals surface area contributed by atoms with Crippen LogP contribution in [0.25, 0.3) is 0 Å². The van der Waals surface area contributed by atoms with Crippen LogP contribution >= 0.6 is 0 Å². The first-order valence-corrected chi connectivity index (χ1v) is 5.47. The molecule has 0 unspecified atom stereocenters. The van der Waals surface area contributed by atoms with E-state index in [2.05, 4.69) is 4.98 Å². The maximum Gasteiger partial charge on any atom is 0.251 e. The standard InChI is InChI=1S/C11H12F3N3O/c12-8-5-7(9(15)18)6-16-10(8)17-3-1-11(13,14)2-4-17/h5-6H,1-4H2,(H2,15,18). The fraction of sp³-hybridized carbons (Fsp3) is 0.455. The van der Waals surface area contributed by atoms with Crippen LogP contribution in [0.5, 0.6) is 0 Å². The van der Waals surface area contributed by atoms with E-state index in [1.807, 2.05) is 0 Å². The van der Waals surface area contributed by atoms with Gasteiger partial charge in [0.2, 0.25) is 5.91 Å². The molecule has 98 valence electrons. The molecule has 0 atom stereocenters. The van der Waals surface area contributed by atoms with Crippen molar-refractivity contribution in [2.75, 3.05) is 18.0 Å². The van der Waals surface area contributed by atoms with E-state index in [0.29, 0.717) is 0 Å². The molecule has 0 bridgehead atoms. The number of nitrogens with zero attached hydrogens (tertiary/aromatic N) is 2. The van der Waals surface area contributed by atoms with E-state index >= 15 is 0 Å². The summed E-state index contributed by atoms with van der Waals surface area (Å²) in [5, 5.41) is 0. The second-order valence-electron chi connectivity index (χ2n) is 4.24. The van der Waals surface area contributed by atoms with E-state index < -0.39 is 17.6 Å². The number of piperidine rings is 1. The van der Waals surface area contributed by atoms with Gasteiger partial charge in [-0.25, -0.2) is 18.2 Å². The topological polar surface area (TPSA) is 59.2 Å². The van der Waals surface area contributed by atoms with E-state index in [1.165, 1.54) is 4.90 Å². The van der Waals surface area contributed by atoms with Gasteiger partial charge in [-0.2, -0.15) is 0 Å². The highest BCUT2D eigenvalue weighted by Gasteiger charge is 2.35. The minimum absolute atomic E-state index is 0.0181. The Kier molecular flexibility index (Phi) is 3.14. The molecule has 0 radical (unpaired) electrons. The number of hydrogen-bond acceptors (Lipinski definition) is 3. The Labute approximate surface area is 102 Å². The lowest BCUT2D eigenvalue weighted by atomic mass is 10.1. The molecule has 1 fully saturated rings. The van der Waals surface area contributed by atoms with Crippen molar-refractivity contribution >= 4 is 11.7 Å². The lowest BCUT2D eigenvalue weighted by Crippen LogP contribution is -2.40. The van der Waals surface area contributed by atoms with Gasteiger partial charge in [-0.15, -0.1) is 0 Å². The minimum Gasteiger partial charge on any atom is -0.366 e. The Morgan fingerprint density at radius 1 is 1.39 bits per heavy atom. The lowest BCUT2D eigenvalue weighted by Gasteiger charge is -2.32. The first-order valence-electron chi connectivity index (χ1n) is 5.47. The molecule has 2 N–H and O–H groups in total. The van der Waals surface area contributed by atoms with Gasteiger partial charge in [-0.05, 0) is 6.07 Å². The maximum atomic E-state index is 13.7. The average Bonchev–Trinajstić information content (AvgIpc) is 2.29. The van der Waals surface area contributed by atoms with E-state index in [1.54, 1.807) is 0 Å². The monoisotopic (exact) mass is 259 g/mol. The number of primary amides is 1. The van der Waals surface area contributed by atoms with Gasteiger partial charge in [0.15, 0.2) is 11.6 Å². The molecule has 1 aromatic rings. The Morgan fingerprint density at radius 2 is 2.00 bits per heavy atom. The van der Waals surface area contributed by atoms with E-state index in [0.717, 1.165) is 12.3 Å². The molecular formula is C11H12F3N3O. The molecule has 2 heterocycles. The van der Waals surface area contributed by atoms with Gasteiger partial charge < -0.3 is 10.6 Å². The van der Waals surface area contributed by atoms with Crippen molar-refractivity contribution in [2.24, 2.45) is 5.73 Å². The summed E-state index contributed by atoms with van der Waals surface area (Å²) in [6, 6.07) is 0.970. The number of pyridine rings is 1. The van der Waals surface area contributed by atoms with Crippen LogP contribution in [0.15, 0.2) is 12.3 Å². The highest BCUT2D eigenvalue weighted by atomic mass is 19.3. The van der Waals surface area contributed by atoms with Crippen LogP contribution in [0.1, 0.15) is 23.2 Å². The smallest absolute Gasteiger partial charge is 0.251 e. The maximum absolute atomic E-state index is 13.7. The molecule has 1 aliphatic heterocycles. The third-order valence-electron chi connectivity index (χ3n) is 2.90. The van der Waals surface area contributed by atoms with E-state index in [-0.39, 0.29) is 37.3 Å². The summed E-state index contributed by atoms with van der Waals surface area (Å²) in [5.41, 5.74) is 4.95. The number of alkyl halides is 2. The van der Waals surface area contributed by atoms with Gasteiger partial charge >= 0.3 is 0 Å². The van der Waals surface area contributed by atoms with Crippen molar-refractivity contribution in [1.29, 1.82) is 0 Å². The molecular weight excluding hydrogens is 247 g/mol. The van der Waals surface area contributed by atoms with Crippen LogP contribution in [0.4, 0.5) is 19.0 Å². The summed E-state index contributed by atoms with van der Waals surface area (Å²) in [4.78, 5) is 16.0. The molecule has 2 rings (SSSR count). The molecule has 0 saturated carbocycles. The average molecular weight is 259 g/mol. The number of hydrogen-bond donors (Lipinski definition) is 1. The molecule has 1 aliphatic rings. The number of halogens is 3.